The summed E-state index contributed by atoms with van der Waals surface area (Å²) in [4.78, 5) is 45.4. The van der Waals surface area contributed by atoms with Gasteiger partial charge in [0.25, 0.3) is 5.78 Å². The average Bonchev–Trinajstić information content (AvgIpc) is 3.46. The van der Waals surface area contributed by atoms with E-state index in [2.05, 4.69) is 11.6 Å². The molecule has 1 aliphatic heterocycles. The molecule has 4 rings (SSSR count). The number of methoxy groups -OCH3 is 1. The van der Waals surface area contributed by atoms with Crippen molar-refractivity contribution in [3.8, 4) is 11.5 Å². The lowest BCUT2D eigenvalue weighted by molar-refractivity contribution is -0.132. The number of anilines is 1. The van der Waals surface area contributed by atoms with Crippen LogP contribution in [-0.2, 0) is 14.3 Å². The molecular weight excluding hydrogens is 532 g/mol. The minimum atomic E-state index is -1.01. The SMILES string of the molecule is C=CCOC(=O)c1sc(N2C(=O)C(=O)/C(=C(/O)c3ccc(OCCC)c(C)c3)C2c2ccc(OC)cc2)nc1C. The fraction of sp³-hybridized carbons (Fsp3) is 0.267. The summed E-state index contributed by atoms with van der Waals surface area (Å²) < 4.78 is 16.2. The maximum atomic E-state index is 13.5. The summed E-state index contributed by atoms with van der Waals surface area (Å²) in [6, 6.07) is 10.9. The fourth-order valence-electron chi connectivity index (χ4n) is 4.33. The quantitative estimate of drug-likeness (QED) is 0.113. The topological polar surface area (TPSA) is 115 Å². The van der Waals surface area contributed by atoms with E-state index in [9.17, 15) is 19.5 Å². The van der Waals surface area contributed by atoms with E-state index in [1.165, 1.54) is 18.1 Å². The monoisotopic (exact) mass is 562 g/mol. The Morgan fingerprint density at radius 2 is 1.90 bits per heavy atom. The second-order valence-corrected chi connectivity index (χ2v) is 10.0. The molecule has 1 atom stereocenters. The fourth-order valence-corrected chi connectivity index (χ4v) is 5.32. The number of rotatable bonds is 10. The van der Waals surface area contributed by atoms with E-state index in [1.54, 1.807) is 49.4 Å². The van der Waals surface area contributed by atoms with E-state index in [-0.39, 0.29) is 27.9 Å². The standard InChI is InChI=1S/C30H30N2O7S/c1-6-14-38-22-13-10-20(16-17(22)3)25(33)23-24(19-8-11-21(37-5)12-9-19)32(28(35)26(23)34)30-31-18(4)27(40-30)29(36)39-15-7-2/h7-13,16,24,33H,2,6,14-15H2,1,3-5H3/b25-23+. The highest BCUT2D eigenvalue weighted by atomic mass is 32.1. The van der Waals surface area contributed by atoms with Crippen molar-refractivity contribution < 1.29 is 33.7 Å². The number of thiazole rings is 1. The van der Waals surface area contributed by atoms with Gasteiger partial charge < -0.3 is 19.3 Å². The largest absolute Gasteiger partial charge is 0.507 e. The van der Waals surface area contributed by atoms with Crippen LogP contribution < -0.4 is 14.4 Å². The van der Waals surface area contributed by atoms with Crippen LogP contribution in [0.2, 0.25) is 0 Å². The van der Waals surface area contributed by atoms with Gasteiger partial charge in [-0.2, -0.15) is 0 Å². The number of aromatic nitrogens is 1. The van der Waals surface area contributed by atoms with Gasteiger partial charge in [0.15, 0.2) is 5.13 Å². The zero-order valence-corrected chi connectivity index (χ0v) is 23.5. The molecule has 208 valence electrons. The van der Waals surface area contributed by atoms with Crippen LogP contribution in [0.1, 0.15) is 51.4 Å². The van der Waals surface area contributed by atoms with Crippen LogP contribution in [0.3, 0.4) is 0 Å². The van der Waals surface area contributed by atoms with Gasteiger partial charge in [-0.15, -0.1) is 0 Å². The highest BCUT2D eigenvalue weighted by Gasteiger charge is 2.48. The Hall–Kier alpha value is -4.44. The highest BCUT2D eigenvalue weighted by molar-refractivity contribution is 7.17. The molecule has 9 nitrogen and oxygen atoms in total. The summed E-state index contributed by atoms with van der Waals surface area (Å²) in [7, 11) is 1.53. The Morgan fingerprint density at radius 3 is 2.52 bits per heavy atom. The minimum absolute atomic E-state index is 0.0174. The van der Waals surface area contributed by atoms with Crippen molar-refractivity contribution in [2.45, 2.75) is 33.2 Å². The summed E-state index contributed by atoms with van der Waals surface area (Å²) in [5.74, 6) is -1.44. The number of nitrogens with zero attached hydrogens (tertiary/aromatic N) is 2. The van der Waals surface area contributed by atoms with Crippen molar-refractivity contribution in [3.63, 3.8) is 0 Å². The molecule has 1 amide bonds. The van der Waals surface area contributed by atoms with Crippen LogP contribution in [0.5, 0.6) is 11.5 Å². The van der Waals surface area contributed by atoms with Crippen molar-refractivity contribution in [2.75, 3.05) is 25.2 Å². The molecule has 1 fully saturated rings. The van der Waals surface area contributed by atoms with E-state index in [0.717, 1.165) is 23.3 Å². The zero-order valence-electron chi connectivity index (χ0n) is 22.7. The predicted molar refractivity (Wildman–Crippen MR) is 152 cm³/mol. The summed E-state index contributed by atoms with van der Waals surface area (Å²) in [5, 5.41) is 11.6. The van der Waals surface area contributed by atoms with Crippen LogP contribution in [0, 0.1) is 13.8 Å². The smallest absolute Gasteiger partial charge is 0.350 e. The lowest BCUT2D eigenvalue weighted by Gasteiger charge is -2.23. The average molecular weight is 563 g/mol. The van der Waals surface area contributed by atoms with Gasteiger partial charge in [-0.3, -0.25) is 14.5 Å². The number of aliphatic hydroxyl groups excluding tert-OH is 1. The van der Waals surface area contributed by atoms with Crippen molar-refractivity contribution in [2.24, 2.45) is 0 Å². The van der Waals surface area contributed by atoms with Crippen molar-refractivity contribution in [1.82, 2.24) is 4.98 Å². The third-order valence-corrected chi connectivity index (χ3v) is 7.43. The molecule has 0 bridgehead atoms. The van der Waals surface area contributed by atoms with E-state index < -0.39 is 23.7 Å². The van der Waals surface area contributed by atoms with Crippen molar-refractivity contribution in [1.29, 1.82) is 0 Å². The number of ether oxygens (including phenoxy) is 3. The van der Waals surface area contributed by atoms with Crippen LogP contribution >= 0.6 is 11.3 Å². The Bertz CT molecular complexity index is 1490. The number of hydrogen-bond donors (Lipinski definition) is 1. The van der Waals surface area contributed by atoms with Gasteiger partial charge in [0.05, 0.1) is 31.0 Å². The minimum Gasteiger partial charge on any atom is -0.507 e. The van der Waals surface area contributed by atoms with E-state index in [0.29, 0.717) is 34.9 Å². The molecule has 0 radical (unpaired) electrons. The second-order valence-electron chi connectivity index (χ2n) is 9.07. The van der Waals surface area contributed by atoms with E-state index in [4.69, 9.17) is 14.2 Å². The summed E-state index contributed by atoms with van der Waals surface area (Å²) in [6.07, 6.45) is 2.29. The third-order valence-electron chi connectivity index (χ3n) is 6.30. The maximum absolute atomic E-state index is 13.5. The first-order valence-corrected chi connectivity index (χ1v) is 13.5. The number of ketones is 1. The molecule has 1 saturated heterocycles. The zero-order chi connectivity index (χ0) is 29.0. The van der Waals surface area contributed by atoms with Gasteiger partial charge in [-0.25, -0.2) is 9.78 Å². The lowest BCUT2D eigenvalue weighted by Crippen LogP contribution is -2.29. The first-order valence-electron chi connectivity index (χ1n) is 12.7. The Morgan fingerprint density at radius 1 is 1.18 bits per heavy atom. The number of hydrogen-bond acceptors (Lipinski definition) is 9. The number of carbonyl (C=O) groups is 3. The molecule has 40 heavy (non-hydrogen) atoms. The molecule has 1 N–H and O–H groups in total. The molecule has 1 aliphatic rings. The first kappa shape index (κ1) is 28.6. The second kappa shape index (κ2) is 12.2. The molecule has 2 aromatic carbocycles. The maximum Gasteiger partial charge on any atom is 0.350 e. The first-order chi connectivity index (χ1) is 19.2. The summed E-state index contributed by atoms with van der Waals surface area (Å²) in [6.45, 7) is 9.57. The van der Waals surface area contributed by atoms with Gasteiger partial charge in [-0.1, -0.05) is 43.0 Å². The third kappa shape index (κ3) is 5.48. The molecule has 3 aromatic rings. The number of amides is 1. The molecule has 1 unspecified atom stereocenters. The molecule has 10 heteroatoms. The number of aliphatic hydroxyl groups is 1. The van der Waals surface area contributed by atoms with Gasteiger partial charge >= 0.3 is 11.9 Å². The summed E-state index contributed by atoms with van der Waals surface area (Å²) in [5.41, 5.74) is 1.93. The Labute approximate surface area is 236 Å². The van der Waals surface area contributed by atoms with Crippen molar-refractivity contribution >= 4 is 39.9 Å². The highest BCUT2D eigenvalue weighted by Crippen LogP contribution is 2.44. The van der Waals surface area contributed by atoms with Crippen LogP contribution in [0.25, 0.3) is 5.76 Å². The van der Waals surface area contributed by atoms with Gasteiger partial charge in [0.1, 0.15) is 28.7 Å². The van der Waals surface area contributed by atoms with Crippen LogP contribution in [0.15, 0.2) is 60.7 Å². The molecule has 1 aromatic heterocycles. The van der Waals surface area contributed by atoms with E-state index >= 15 is 0 Å². The number of benzene rings is 2. The van der Waals surface area contributed by atoms with Gasteiger partial charge in [-0.05, 0) is 61.7 Å². The van der Waals surface area contributed by atoms with Gasteiger partial charge in [0.2, 0.25) is 0 Å². The van der Waals surface area contributed by atoms with Crippen LogP contribution in [0.4, 0.5) is 5.13 Å². The van der Waals surface area contributed by atoms with Crippen molar-refractivity contribution in [3.05, 3.63) is 88.0 Å². The number of Topliss-reactive ketones (excluding diaryl/α,β-unsaturated/α-hetero) is 1. The molecule has 2 heterocycles. The lowest BCUT2D eigenvalue weighted by atomic mass is 9.95. The molecule has 0 spiro atoms. The normalized spacial score (nSPS) is 16.2. The van der Waals surface area contributed by atoms with Gasteiger partial charge in [0, 0.05) is 5.56 Å². The van der Waals surface area contributed by atoms with E-state index in [1.807, 2.05) is 13.8 Å². The Kier molecular flexibility index (Phi) is 8.69. The molecule has 0 aliphatic carbocycles. The predicted octanol–water partition coefficient (Wildman–Crippen LogP) is 5.53. The Balaban J connectivity index is 1.85. The molecule has 0 saturated carbocycles. The number of carbonyl (C=O) groups excluding carboxylic acids is 3. The van der Waals surface area contributed by atoms with Crippen LogP contribution in [-0.4, -0.2) is 48.1 Å². The number of esters is 1. The molecular formula is C30H30N2O7S. The number of aryl methyl sites for hydroxylation is 2. The summed E-state index contributed by atoms with van der Waals surface area (Å²) >= 11 is 0.936.